The van der Waals surface area contributed by atoms with Gasteiger partial charge in [0.1, 0.15) is 0 Å². The highest BCUT2D eigenvalue weighted by Crippen LogP contribution is 2.27. The number of aromatic carboxylic acids is 1. The van der Waals surface area contributed by atoms with Crippen molar-refractivity contribution >= 4 is 27.9 Å². The van der Waals surface area contributed by atoms with Gasteiger partial charge >= 0.3 is 11.9 Å². The number of hydrogen-bond donors (Lipinski definition) is 1. The zero-order chi connectivity index (χ0) is 14.6. The molecule has 5 heteroatoms. The normalized spacial score (nSPS) is 10.6. The Hall–Kier alpha value is -1.36. The number of hydrogen-bond acceptors (Lipinski definition) is 3. The third kappa shape index (κ3) is 3.80. The quantitative estimate of drug-likeness (QED) is 0.840. The minimum Gasteiger partial charge on any atom is -0.478 e. The van der Waals surface area contributed by atoms with E-state index in [4.69, 9.17) is 4.74 Å². The van der Waals surface area contributed by atoms with Crippen LogP contribution in [0.2, 0.25) is 0 Å². The Morgan fingerprint density at radius 3 is 2.47 bits per heavy atom. The Bertz CT molecular complexity index is 494. The minimum absolute atomic E-state index is 0.0292. The number of esters is 1. The summed E-state index contributed by atoms with van der Waals surface area (Å²) in [6.45, 7) is 5.89. The first-order chi connectivity index (χ1) is 8.88. The molecule has 4 nitrogen and oxygen atoms in total. The molecule has 0 saturated heterocycles. The summed E-state index contributed by atoms with van der Waals surface area (Å²) in [5.41, 5.74) is 0.766. The molecule has 0 fully saturated rings. The molecule has 0 atom stereocenters. The van der Waals surface area contributed by atoms with Gasteiger partial charge in [-0.2, -0.15) is 0 Å². The van der Waals surface area contributed by atoms with Gasteiger partial charge in [-0.05, 0) is 37.0 Å². The first kappa shape index (κ1) is 15.7. The van der Waals surface area contributed by atoms with E-state index in [2.05, 4.69) is 15.9 Å². The standard InChI is InChI=1S/C14H17BrO4/c1-4-19-14(18)9-5-6-11(15)10(7-8(2)3)12(9)13(16)17/h5-6,8H,4,7H2,1-3H3,(H,16,17). The van der Waals surface area contributed by atoms with Crippen LogP contribution in [0.5, 0.6) is 0 Å². The smallest absolute Gasteiger partial charge is 0.339 e. The fraction of sp³-hybridized carbons (Fsp3) is 0.429. The van der Waals surface area contributed by atoms with Crippen LogP contribution in [0.15, 0.2) is 16.6 Å². The van der Waals surface area contributed by atoms with Crippen molar-refractivity contribution in [3.8, 4) is 0 Å². The van der Waals surface area contributed by atoms with Crippen LogP contribution in [-0.4, -0.2) is 23.7 Å². The molecule has 0 saturated carbocycles. The van der Waals surface area contributed by atoms with Crippen LogP contribution in [0.4, 0.5) is 0 Å². The average molecular weight is 329 g/mol. The third-order valence-corrected chi connectivity index (χ3v) is 3.32. The lowest BCUT2D eigenvalue weighted by Crippen LogP contribution is -2.15. The molecule has 1 rings (SSSR count). The zero-order valence-electron chi connectivity index (χ0n) is 11.2. The maximum atomic E-state index is 11.8. The fourth-order valence-corrected chi connectivity index (χ4v) is 2.35. The second-order valence-corrected chi connectivity index (χ2v) is 5.43. The van der Waals surface area contributed by atoms with E-state index in [9.17, 15) is 14.7 Å². The van der Waals surface area contributed by atoms with Crippen molar-refractivity contribution in [1.82, 2.24) is 0 Å². The largest absolute Gasteiger partial charge is 0.478 e. The molecular formula is C14H17BrO4. The molecule has 104 valence electrons. The van der Waals surface area contributed by atoms with E-state index < -0.39 is 11.9 Å². The maximum absolute atomic E-state index is 11.8. The fourth-order valence-electron chi connectivity index (χ4n) is 1.85. The number of halogens is 1. The lowest BCUT2D eigenvalue weighted by molar-refractivity contribution is 0.0514. The molecule has 0 aliphatic carbocycles. The van der Waals surface area contributed by atoms with Crippen LogP contribution < -0.4 is 0 Å². The van der Waals surface area contributed by atoms with Crippen LogP contribution in [0.3, 0.4) is 0 Å². The summed E-state index contributed by atoms with van der Waals surface area (Å²) in [5.74, 6) is -1.43. The van der Waals surface area contributed by atoms with Crippen LogP contribution in [0, 0.1) is 5.92 Å². The average Bonchev–Trinajstić information content (AvgIpc) is 2.30. The molecule has 0 heterocycles. The van der Waals surface area contributed by atoms with Crippen molar-refractivity contribution in [3.63, 3.8) is 0 Å². The van der Waals surface area contributed by atoms with Gasteiger partial charge < -0.3 is 9.84 Å². The molecule has 0 bridgehead atoms. The molecule has 0 aliphatic heterocycles. The summed E-state index contributed by atoms with van der Waals surface area (Å²) >= 11 is 3.35. The number of benzene rings is 1. The molecule has 19 heavy (non-hydrogen) atoms. The maximum Gasteiger partial charge on any atom is 0.339 e. The van der Waals surface area contributed by atoms with Crippen molar-refractivity contribution in [1.29, 1.82) is 0 Å². The first-order valence-corrected chi connectivity index (χ1v) is 6.89. The van der Waals surface area contributed by atoms with Crippen molar-refractivity contribution in [3.05, 3.63) is 33.3 Å². The number of carboxylic acid groups (broad SMARTS) is 1. The Morgan fingerprint density at radius 2 is 2.00 bits per heavy atom. The highest BCUT2D eigenvalue weighted by Gasteiger charge is 2.23. The van der Waals surface area contributed by atoms with Crippen molar-refractivity contribution in [2.45, 2.75) is 27.2 Å². The number of carbonyl (C=O) groups excluding carboxylic acids is 1. The van der Waals surface area contributed by atoms with Crippen LogP contribution in [0.25, 0.3) is 0 Å². The highest BCUT2D eigenvalue weighted by atomic mass is 79.9. The zero-order valence-corrected chi connectivity index (χ0v) is 12.8. The van der Waals surface area contributed by atoms with Crippen molar-refractivity contribution in [2.24, 2.45) is 5.92 Å². The van der Waals surface area contributed by atoms with E-state index in [0.29, 0.717) is 16.5 Å². The Balaban J connectivity index is 3.40. The number of carboxylic acids is 1. The molecular weight excluding hydrogens is 312 g/mol. The molecule has 0 aromatic heterocycles. The van der Waals surface area contributed by atoms with Crippen molar-refractivity contribution in [2.75, 3.05) is 6.61 Å². The lowest BCUT2D eigenvalue weighted by Gasteiger charge is -2.14. The molecule has 0 amide bonds. The summed E-state index contributed by atoms with van der Waals surface area (Å²) in [4.78, 5) is 23.3. The Morgan fingerprint density at radius 1 is 1.37 bits per heavy atom. The van der Waals surface area contributed by atoms with Crippen LogP contribution in [-0.2, 0) is 11.2 Å². The van der Waals surface area contributed by atoms with Gasteiger partial charge in [0.05, 0.1) is 17.7 Å². The van der Waals surface area contributed by atoms with Gasteiger partial charge in [-0.1, -0.05) is 29.8 Å². The minimum atomic E-state index is -1.11. The summed E-state index contributed by atoms with van der Waals surface area (Å²) < 4.78 is 5.60. The highest BCUT2D eigenvalue weighted by molar-refractivity contribution is 9.10. The third-order valence-electron chi connectivity index (χ3n) is 2.58. The summed E-state index contributed by atoms with van der Waals surface area (Å²) in [7, 11) is 0. The monoisotopic (exact) mass is 328 g/mol. The molecule has 1 aromatic rings. The van der Waals surface area contributed by atoms with Gasteiger partial charge in [0.2, 0.25) is 0 Å². The lowest BCUT2D eigenvalue weighted by atomic mass is 9.94. The molecule has 1 N–H and O–H groups in total. The van der Waals surface area contributed by atoms with E-state index >= 15 is 0 Å². The van der Waals surface area contributed by atoms with E-state index in [1.54, 1.807) is 13.0 Å². The van der Waals surface area contributed by atoms with Gasteiger partial charge in [-0.25, -0.2) is 9.59 Å². The van der Waals surface area contributed by atoms with E-state index in [0.717, 1.165) is 0 Å². The molecule has 0 spiro atoms. The molecule has 0 radical (unpaired) electrons. The summed E-state index contributed by atoms with van der Waals surface area (Å²) in [5, 5.41) is 9.37. The van der Waals surface area contributed by atoms with E-state index in [-0.39, 0.29) is 23.7 Å². The number of ether oxygens (including phenoxy) is 1. The van der Waals surface area contributed by atoms with Gasteiger partial charge in [0, 0.05) is 4.47 Å². The van der Waals surface area contributed by atoms with Crippen molar-refractivity contribution < 1.29 is 19.4 Å². The van der Waals surface area contributed by atoms with Gasteiger partial charge in [0.25, 0.3) is 0 Å². The van der Waals surface area contributed by atoms with Crippen LogP contribution in [0.1, 0.15) is 47.1 Å². The Labute approximate surface area is 120 Å². The summed E-state index contributed by atoms with van der Waals surface area (Å²) in [6.07, 6.45) is 0.579. The number of rotatable bonds is 5. The van der Waals surface area contributed by atoms with E-state index in [1.165, 1.54) is 6.07 Å². The van der Waals surface area contributed by atoms with Crippen LogP contribution >= 0.6 is 15.9 Å². The second-order valence-electron chi connectivity index (χ2n) is 4.57. The first-order valence-electron chi connectivity index (χ1n) is 6.10. The van der Waals surface area contributed by atoms with Gasteiger partial charge in [-0.3, -0.25) is 0 Å². The molecule has 0 aliphatic rings. The molecule has 0 unspecified atom stereocenters. The van der Waals surface area contributed by atoms with E-state index in [1.807, 2.05) is 13.8 Å². The topological polar surface area (TPSA) is 63.6 Å². The summed E-state index contributed by atoms with van der Waals surface area (Å²) in [6, 6.07) is 3.17. The second kappa shape index (κ2) is 6.70. The van der Waals surface area contributed by atoms with Gasteiger partial charge in [0.15, 0.2) is 0 Å². The van der Waals surface area contributed by atoms with Gasteiger partial charge in [-0.15, -0.1) is 0 Å². The molecule has 1 aromatic carbocycles. The predicted octanol–water partition coefficient (Wildman–Crippen LogP) is 3.52. The number of carbonyl (C=O) groups is 2. The predicted molar refractivity (Wildman–Crippen MR) is 75.6 cm³/mol. The Kier molecular flexibility index (Phi) is 5.54. The SMILES string of the molecule is CCOC(=O)c1ccc(Br)c(CC(C)C)c1C(=O)O.